The molecule has 0 radical (unpaired) electrons. The number of para-hydroxylation sites is 1. The van der Waals surface area contributed by atoms with Crippen molar-refractivity contribution in [1.82, 2.24) is 4.90 Å². The number of piperidine rings is 1. The molecule has 0 bridgehead atoms. The number of anilines is 1. The number of fused-ring (bicyclic) bond motifs is 1. The summed E-state index contributed by atoms with van der Waals surface area (Å²) in [6, 6.07) is 15.7. The monoisotopic (exact) mass is 411 g/mol. The summed E-state index contributed by atoms with van der Waals surface area (Å²) >= 11 is 3.47. The third-order valence-electron chi connectivity index (χ3n) is 5.03. The van der Waals surface area contributed by atoms with Crippen LogP contribution in [-0.2, 0) is 4.79 Å². The fourth-order valence-corrected chi connectivity index (χ4v) is 4.19. The molecule has 5 heteroatoms. The van der Waals surface area contributed by atoms with Crippen molar-refractivity contribution in [2.75, 3.05) is 24.7 Å². The number of halogens is 1. The zero-order valence-corrected chi connectivity index (χ0v) is 16.4. The Labute approximate surface area is 162 Å². The highest BCUT2D eigenvalue weighted by atomic mass is 79.9. The minimum atomic E-state index is -0.00981. The molecule has 2 heterocycles. The Morgan fingerprint density at radius 1 is 1.19 bits per heavy atom. The van der Waals surface area contributed by atoms with E-state index in [1.165, 1.54) is 12.8 Å². The molecule has 2 aliphatic heterocycles. The van der Waals surface area contributed by atoms with E-state index in [2.05, 4.69) is 32.7 Å². The van der Waals surface area contributed by atoms with Gasteiger partial charge in [0.25, 0.3) is 5.91 Å². The summed E-state index contributed by atoms with van der Waals surface area (Å²) in [7, 11) is 0. The third kappa shape index (κ3) is 3.46. The van der Waals surface area contributed by atoms with Crippen molar-refractivity contribution in [3.63, 3.8) is 0 Å². The summed E-state index contributed by atoms with van der Waals surface area (Å²) in [5.74, 6) is 0.677. The van der Waals surface area contributed by atoms with E-state index in [0.29, 0.717) is 18.3 Å². The van der Waals surface area contributed by atoms with E-state index >= 15 is 0 Å². The molecule has 4 rings (SSSR count). The molecule has 4 nitrogen and oxygen atoms in total. The zero-order valence-electron chi connectivity index (χ0n) is 14.9. The van der Waals surface area contributed by atoms with Crippen LogP contribution in [0, 0.1) is 5.92 Å². The molecule has 2 aromatic carbocycles. The fourth-order valence-electron chi connectivity index (χ4n) is 3.80. The second-order valence-electron chi connectivity index (χ2n) is 7.16. The van der Waals surface area contributed by atoms with Crippen molar-refractivity contribution in [1.29, 1.82) is 0 Å². The van der Waals surface area contributed by atoms with Gasteiger partial charge in [-0.2, -0.15) is 0 Å². The molecule has 0 aliphatic carbocycles. The Bertz CT molecular complexity index is 864. The van der Waals surface area contributed by atoms with Crippen LogP contribution in [0.5, 0.6) is 0 Å². The van der Waals surface area contributed by atoms with Gasteiger partial charge in [0.2, 0.25) is 0 Å². The lowest BCUT2D eigenvalue weighted by Crippen LogP contribution is -2.45. The molecule has 1 fully saturated rings. The van der Waals surface area contributed by atoms with E-state index < -0.39 is 0 Å². The molecule has 0 spiro atoms. The second-order valence-corrected chi connectivity index (χ2v) is 8.07. The zero-order chi connectivity index (χ0) is 18.1. The van der Waals surface area contributed by atoms with E-state index in [0.717, 1.165) is 34.5 Å². The van der Waals surface area contributed by atoms with Crippen LogP contribution in [0.3, 0.4) is 0 Å². The first kappa shape index (κ1) is 17.4. The summed E-state index contributed by atoms with van der Waals surface area (Å²) in [6.45, 7) is 5.02. The van der Waals surface area contributed by atoms with Crippen LogP contribution in [0.4, 0.5) is 11.4 Å². The van der Waals surface area contributed by atoms with Crippen LogP contribution < -0.4 is 4.90 Å². The van der Waals surface area contributed by atoms with Crippen molar-refractivity contribution in [3.05, 3.63) is 58.6 Å². The maximum Gasteiger partial charge on any atom is 0.278 e. The predicted molar refractivity (Wildman–Crippen MR) is 109 cm³/mol. The van der Waals surface area contributed by atoms with Gasteiger partial charge in [-0.1, -0.05) is 47.1 Å². The Morgan fingerprint density at radius 3 is 2.85 bits per heavy atom. The number of carbonyl (C=O) groups is 1. The van der Waals surface area contributed by atoms with Gasteiger partial charge in [-0.3, -0.25) is 14.6 Å². The standard InChI is InChI=1S/C21H22BrN3O/c1-15-6-5-11-24(13-15)14-25-19-10-3-2-9-18(19)20(21(25)26)23-17-8-4-7-16(22)12-17/h2-4,7-10,12,15H,5-6,11,13-14H2,1H3. The molecule has 2 aliphatic rings. The highest BCUT2D eigenvalue weighted by Crippen LogP contribution is 2.32. The topological polar surface area (TPSA) is 35.9 Å². The van der Waals surface area contributed by atoms with Crippen LogP contribution in [0.1, 0.15) is 25.3 Å². The summed E-state index contributed by atoms with van der Waals surface area (Å²) in [5, 5.41) is 0. The largest absolute Gasteiger partial charge is 0.293 e. The molecule has 0 aromatic heterocycles. The van der Waals surface area contributed by atoms with E-state index in [1.54, 1.807) is 0 Å². The molecule has 2 aromatic rings. The highest BCUT2D eigenvalue weighted by molar-refractivity contribution is 9.10. The number of hydrogen-bond acceptors (Lipinski definition) is 3. The van der Waals surface area contributed by atoms with Gasteiger partial charge in [-0.05, 0) is 49.6 Å². The Balaban J connectivity index is 1.66. The number of amides is 1. The molecule has 1 amide bonds. The van der Waals surface area contributed by atoms with E-state index in [4.69, 9.17) is 0 Å². The van der Waals surface area contributed by atoms with E-state index in [1.807, 2.05) is 53.4 Å². The minimum absolute atomic E-state index is 0.00981. The second kappa shape index (κ2) is 7.33. The fraction of sp³-hybridized carbons (Fsp3) is 0.333. The van der Waals surface area contributed by atoms with Gasteiger partial charge in [-0.25, -0.2) is 4.99 Å². The predicted octanol–water partition coefficient (Wildman–Crippen LogP) is 4.61. The highest BCUT2D eigenvalue weighted by Gasteiger charge is 2.35. The molecule has 1 unspecified atom stereocenters. The van der Waals surface area contributed by atoms with Gasteiger partial charge in [0, 0.05) is 16.6 Å². The number of rotatable bonds is 3. The van der Waals surface area contributed by atoms with Gasteiger partial charge < -0.3 is 0 Å². The summed E-state index contributed by atoms with van der Waals surface area (Å²) < 4.78 is 0.956. The molecule has 26 heavy (non-hydrogen) atoms. The molecule has 134 valence electrons. The number of benzene rings is 2. The lowest BCUT2D eigenvalue weighted by molar-refractivity contribution is -0.112. The number of hydrogen-bond donors (Lipinski definition) is 0. The van der Waals surface area contributed by atoms with Crippen molar-refractivity contribution in [2.24, 2.45) is 10.9 Å². The van der Waals surface area contributed by atoms with Gasteiger partial charge in [0.1, 0.15) is 5.71 Å². The summed E-state index contributed by atoms with van der Waals surface area (Å²) in [5.41, 5.74) is 3.20. The molecular weight excluding hydrogens is 390 g/mol. The summed E-state index contributed by atoms with van der Waals surface area (Å²) in [6.07, 6.45) is 2.47. The van der Waals surface area contributed by atoms with Crippen LogP contribution in [-0.4, -0.2) is 36.3 Å². The first-order valence-electron chi connectivity index (χ1n) is 9.10. The Morgan fingerprint density at radius 2 is 2.04 bits per heavy atom. The lowest BCUT2D eigenvalue weighted by atomic mass is 10.0. The first-order chi connectivity index (χ1) is 12.6. The van der Waals surface area contributed by atoms with Gasteiger partial charge in [0.15, 0.2) is 0 Å². The first-order valence-corrected chi connectivity index (χ1v) is 9.89. The van der Waals surface area contributed by atoms with Crippen molar-refractivity contribution in [3.8, 4) is 0 Å². The molecule has 0 saturated carbocycles. The van der Waals surface area contributed by atoms with Crippen LogP contribution in [0.15, 0.2) is 58.0 Å². The number of nitrogens with zero attached hydrogens (tertiary/aromatic N) is 3. The minimum Gasteiger partial charge on any atom is -0.293 e. The van der Waals surface area contributed by atoms with Gasteiger partial charge >= 0.3 is 0 Å². The molecule has 1 atom stereocenters. The molecular formula is C21H22BrN3O. The Hall–Kier alpha value is -1.98. The van der Waals surface area contributed by atoms with Crippen molar-refractivity contribution >= 4 is 38.9 Å². The summed E-state index contributed by atoms with van der Waals surface area (Å²) in [4.78, 5) is 22.1. The number of likely N-dealkylation sites (tertiary alicyclic amines) is 1. The maximum atomic E-state index is 13.2. The lowest BCUT2D eigenvalue weighted by Gasteiger charge is -2.33. The van der Waals surface area contributed by atoms with E-state index in [-0.39, 0.29) is 5.91 Å². The maximum absolute atomic E-state index is 13.2. The van der Waals surface area contributed by atoms with Crippen LogP contribution >= 0.6 is 15.9 Å². The third-order valence-corrected chi connectivity index (χ3v) is 5.52. The van der Waals surface area contributed by atoms with Crippen LogP contribution in [0.2, 0.25) is 0 Å². The quantitative estimate of drug-likeness (QED) is 0.739. The SMILES string of the molecule is CC1CCCN(CN2C(=O)C(=Nc3cccc(Br)c3)c3ccccc32)C1. The van der Waals surface area contributed by atoms with E-state index in [9.17, 15) is 4.79 Å². The van der Waals surface area contributed by atoms with Crippen molar-refractivity contribution in [2.45, 2.75) is 19.8 Å². The normalized spacial score (nSPS) is 22.1. The Kier molecular flexibility index (Phi) is 4.92. The molecule has 1 saturated heterocycles. The smallest absolute Gasteiger partial charge is 0.278 e. The molecule has 0 N–H and O–H groups in total. The van der Waals surface area contributed by atoms with Crippen molar-refractivity contribution < 1.29 is 4.79 Å². The van der Waals surface area contributed by atoms with Gasteiger partial charge in [-0.15, -0.1) is 0 Å². The van der Waals surface area contributed by atoms with Gasteiger partial charge in [0.05, 0.1) is 18.0 Å². The average molecular weight is 412 g/mol. The number of aliphatic imine (C=N–C) groups is 1. The average Bonchev–Trinajstić information content (AvgIpc) is 2.88. The van der Waals surface area contributed by atoms with Crippen LogP contribution in [0.25, 0.3) is 0 Å². The number of carbonyl (C=O) groups excluding carboxylic acids is 1.